The van der Waals surface area contributed by atoms with Crippen LogP contribution in [0.2, 0.25) is 0 Å². The molecule has 0 aromatic carbocycles. The van der Waals surface area contributed by atoms with Gasteiger partial charge in [-0.25, -0.2) is 0 Å². The van der Waals surface area contributed by atoms with Crippen molar-refractivity contribution in [2.75, 3.05) is 13.2 Å². The van der Waals surface area contributed by atoms with Gasteiger partial charge in [0.05, 0.1) is 12.5 Å². The molecule has 0 radical (unpaired) electrons. The van der Waals surface area contributed by atoms with Gasteiger partial charge >= 0.3 is 5.97 Å². The van der Waals surface area contributed by atoms with Crippen molar-refractivity contribution in [3.8, 4) is 0 Å². The Balaban J connectivity index is 2.24. The molecule has 0 saturated carbocycles. The van der Waals surface area contributed by atoms with Crippen molar-refractivity contribution in [2.45, 2.75) is 26.7 Å². The zero-order chi connectivity index (χ0) is 14.1. The van der Waals surface area contributed by atoms with Crippen LogP contribution < -0.4 is 5.32 Å². The number of hydrogen-bond acceptors (Lipinski definition) is 4. The summed E-state index contributed by atoms with van der Waals surface area (Å²) in [7, 11) is 0. The lowest BCUT2D eigenvalue weighted by Gasteiger charge is -2.12. The summed E-state index contributed by atoms with van der Waals surface area (Å²) in [6.45, 7) is 4.43. The molecule has 0 aliphatic carbocycles. The third-order valence-corrected chi connectivity index (χ3v) is 2.89. The van der Waals surface area contributed by atoms with Crippen LogP contribution in [0.3, 0.4) is 0 Å². The van der Waals surface area contributed by atoms with Crippen molar-refractivity contribution < 1.29 is 14.3 Å². The van der Waals surface area contributed by atoms with E-state index in [2.05, 4.69) is 10.3 Å². The van der Waals surface area contributed by atoms with Gasteiger partial charge in [0, 0.05) is 18.0 Å². The maximum absolute atomic E-state index is 11.7. The molecule has 0 aliphatic heterocycles. The number of rotatable bonds is 7. The fraction of sp³-hybridized carbons (Fsp3) is 0.500. The number of carbonyl (C=O) groups is 2. The number of nitrogens with zero attached hydrogens (tertiary/aromatic N) is 1. The van der Waals surface area contributed by atoms with Crippen molar-refractivity contribution in [1.29, 1.82) is 0 Å². The standard InChI is InChI=1S/C14H20N2O3/c1-3-11(4-2)14(18)19-10-9-16-13(17)12-5-7-15-8-6-12/h5-8,11H,3-4,9-10H2,1-2H3,(H,16,17). The molecule has 1 heterocycles. The van der Waals surface area contributed by atoms with Gasteiger partial charge in [-0.3, -0.25) is 14.6 Å². The minimum atomic E-state index is -0.194. The Labute approximate surface area is 113 Å². The lowest BCUT2D eigenvalue weighted by molar-refractivity contribution is -0.148. The number of nitrogens with one attached hydrogen (secondary N) is 1. The highest BCUT2D eigenvalue weighted by Crippen LogP contribution is 2.09. The van der Waals surface area contributed by atoms with Crippen LogP contribution in [-0.4, -0.2) is 30.0 Å². The Hall–Kier alpha value is -1.91. The van der Waals surface area contributed by atoms with E-state index in [1.54, 1.807) is 24.5 Å². The predicted molar refractivity (Wildman–Crippen MR) is 71.6 cm³/mol. The van der Waals surface area contributed by atoms with Crippen molar-refractivity contribution >= 4 is 11.9 Å². The topological polar surface area (TPSA) is 68.3 Å². The first kappa shape index (κ1) is 15.1. The maximum atomic E-state index is 11.7. The molecule has 0 unspecified atom stereocenters. The van der Waals surface area contributed by atoms with E-state index >= 15 is 0 Å². The van der Waals surface area contributed by atoms with E-state index in [0.717, 1.165) is 12.8 Å². The summed E-state index contributed by atoms with van der Waals surface area (Å²) in [5.74, 6) is -0.431. The van der Waals surface area contributed by atoms with Gasteiger partial charge in [-0.2, -0.15) is 0 Å². The Morgan fingerprint density at radius 1 is 1.26 bits per heavy atom. The number of ether oxygens (including phenoxy) is 1. The van der Waals surface area contributed by atoms with Gasteiger partial charge in [0.15, 0.2) is 0 Å². The van der Waals surface area contributed by atoms with Crippen LogP contribution in [0, 0.1) is 5.92 Å². The molecule has 1 amide bonds. The summed E-state index contributed by atoms with van der Waals surface area (Å²) in [6, 6.07) is 3.26. The van der Waals surface area contributed by atoms with Gasteiger partial charge in [-0.15, -0.1) is 0 Å². The molecule has 0 atom stereocenters. The second-order valence-electron chi connectivity index (χ2n) is 4.17. The second kappa shape index (κ2) is 8.24. The van der Waals surface area contributed by atoms with Crippen LogP contribution in [0.1, 0.15) is 37.0 Å². The highest BCUT2D eigenvalue weighted by molar-refractivity contribution is 5.93. The Bertz CT molecular complexity index is 402. The van der Waals surface area contributed by atoms with E-state index in [9.17, 15) is 9.59 Å². The van der Waals surface area contributed by atoms with Crippen LogP contribution in [0.4, 0.5) is 0 Å². The van der Waals surface area contributed by atoms with Gasteiger partial charge in [-0.05, 0) is 25.0 Å². The number of esters is 1. The first-order chi connectivity index (χ1) is 9.19. The smallest absolute Gasteiger partial charge is 0.308 e. The molecular formula is C14H20N2O3. The van der Waals surface area contributed by atoms with Gasteiger partial charge < -0.3 is 10.1 Å². The maximum Gasteiger partial charge on any atom is 0.308 e. The number of amides is 1. The third-order valence-electron chi connectivity index (χ3n) is 2.89. The number of hydrogen-bond donors (Lipinski definition) is 1. The average Bonchev–Trinajstić information content (AvgIpc) is 2.45. The highest BCUT2D eigenvalue weighted by atomic mass is 16.5. The van der Waals surface area contributed by atoms with Crippen LogP contribution in [-0.2, 0) is 9.53 Å². The molecule has 19 heavy (non-hydrogen) atoms. The molecule has 1 rings (SSSR count). The predicted octanol–water partition coefficient (Wildman–Crippen LogP) is 1.79. The molecular weight excluding hydrogens is 244 g/mol. The Morgan fingerprint density at radius 2 is 1.89 bits per heavy atom. The highest BCUT2D eigenvalue weighted by Gasteiger charge is 2.15. The third kappa shape index (κ3) is 5.07. The van der Waals surface area contributed by atoms with Crippen LogP contribution in [0.15, 0.2) is 24.5 Å². The first-order valence-corrected chi connectivity index (χ1v) is 6.53. The van der Waals surface area contributed by atoms with Gasteiger partial charge in [0.25, 0.3) is 5.91 Å². The Kier molecular flexibility index (Phi) is 6.57. The molecule has 0 spiro atoms. The van der Waals surface area contributed by atoms with Gasteiger partial charge in [-0.1, -0.05) is 13.8 Å². The Morgan fingerprint density at radius 3 is 2.47 bits per heavy atom. The van der Waals surface area contributed by atoms with Gasteiger partial charge in [0.1, 0.15) is 6.61 Å². The molecule has 0 saturated heterocycles. The molecule has 0 aliphatic rings. The van der Waals surface area contributed by atoms with Crippen molar-refractivity contribution in [3.63, 3.8) is 0 Å². The van der Waals surface area contributed by atoms with Crippen LogP contribution >= 0.6 is 0 Å². The van der Waals surface area contributed by atoms with E-state index < -0.39 is 0 Å². The molecule has 1 aromatic rings. The summed E-state index contributed by atoms with van der Waals surface area (Å²) in [5, 5.41) is 2.69. The fourth-order valence-electron chi connectivity index (χ4n) is 1.66. The fourth-order valence-corrected chi connectivity index (χ4v) is 1.66. The van der Waals surface area contributed by atoms with E-state index in [1.807, 2.05) is 13.8 Å². The van der Waals surface area contributed by atoms with E-state index in [-0.39, 0.29) is 24.4 Å². The molecule has 1 N–H and O–H groups in total. The summed E-state index contributed by atoms with van der Waals surface area (Å²) in [5.41, 5.74) is 0.543. The van der Waals surface area contributed by atoms with Crippen molar-refractivity contribution in [1.82, 2.24) is 10.3 Å². The molecule has 0 fully saturated rings. The zero-order valence-electron chi connectivity index (χ0n) is 11.4. The van der Waals surface area contributed by atoms with E-state index in [0.29, 0.717) is 12.1 Å². The van der Waals surface area contributed by atoms with Crippen LogP contribution in [0.5, 0.6) is 0 Å². The monoisotopic (exact) mass is 264 g/mol. The lowest BCUT2D eigenvalue weighted by Crippen LogP contribution is -2.29. The summed E-state index contributed by atoms with van der Waals surface area (Å²) >= 11 is 0. The summed E-state index contributed by atoms with van der Waals surface area (Å²) in [6.07, 6.45) is 4.67. The largest absolute Gasteiger partial charge is 0.464 e. The number of aromatic nitrogens is 1. The van der Waals surface area contributed by atoms with E-state index in [4.69, 9.17) is 4.74 Å². The molecule has 104 valence electrons. The zero-order valence-corrected chi connectivity index (χ0v) is 11.4. The minimum Gasteiger partial charge on any atom is -0.464 e. The quantitative estimate of drug-likeness (QED) is 0.602. The molecule has 0 bridgehead atoms. The number of carbonyl (C=O) groups excluding carboxylic acids is 2. The normalized spacial score (nSPS) is 10.3. The average molecular weight is 264 g/mol. The second-order valence-corrected chi connectivity index (χ2v) is 4.17. The molecule has 5 nitrogen and oxygen atoms in total. The summed E-state index contributed by atoms with van der Waals surface area (Å²) in [4.78, 5) is 27.1. The SMILES string of the molecule is CCC(CC)C(=O)OCCNC(=O)c1ccncc1. The van der Waals surface area contributed by atoms with Crippen LogP contribution in [0.25, 0.3) is 0 Å². The lowest BCUT2D eigenvalue weighted by atomic mass is 10.0. The summed E-state index contributed by atoms with van der Waals surface area (Å²) < 4.78 is 5.11. The minimum absolute atomic E-state index is 0.0455. The van der Waals surface area contributed by atoms with Crippen molar-refractivity contribution in [3.05, 3.63) is 30.1 Å². The first-order valence-electron chi connectivity index (χ1n) is 6.53. The van der Waals surface area contributed by atoms with E-state index in [1.165, 1.54) is 0 Å². The molecule has 1 aromatic heterocycles. The number of pyridine rings is 1. The van der Waals surface area contributed by atoms with Crippen molar-refractivity contribution in [2.24, 2.45) is 5.92 Å². The molecule has 5 heteroatoms. The van der Waals surface area contributed by atoms with Gasteiger partial charge in [0.2, 0.25) is 0 Å².